The van der Waals surface area contributed by atoms with Crippen LogP contribution in [0.1, 0.15) is 40.5 Å². The number of hydrogen-bond donors (Lipinski definition) is 1. The SMILES string of the molecule is CCOCCC(CC(C)C)(C(=O)O)C(=O)OCC. The van der Waals surface area contributed by atoms with Gasteiger partial charge in [-0.25, -0.2) is 0 Å². The van der Waals surface area contributed by atoms with Crippen molar-refractivity contribution in [1.29, 1.82) is 0 Å². The highest BCUT2D eigenvalue weighted by molar-refractivity contribution is 5.99. The lowest BCUT2D eigenvalue weighted by Gasteiger charge is -2.28. The molecule has 0 saturated carbocycles. The number of esters is 1. The molecule has 1 N–H and O–H groups in total. The molecule has 106 valence electrons. The van der Waals surface area contributed by atoms with Crippen LogP contribution in [-0.2, 0) is 19.1 Å². The van der Waals surface area contributed by atoms with Crippen LogP contribution in [0.4, 0.5) is 0 Å². The summed E-state index contributed by atoms with van der Waals surface area (Å²) in [6.45, 7) is 8.20. The normalized spacial score (nSPS) is 14.3. The average molecular weight is 260 g/mol. The maximum atomic E-state index is 12.0. The topological polar surface area (TPSA) is 72.8 Å². The second-order valence-electron chi connectivity index (χ2n) is 4.65. The summed E-state index contributed by atoms with van der Waals surface area (Å²) in [6.07, 6.45) is 0.404. The molecule has 0 aromatic heterocycles. The highest BCUT2D eigenvalue weighted by Crippen LogP contribution is 2.33. The molecule has 0 amide bonds. The molecule has 0 aliphatic rings. The van der Waals surface area contributed by atoms with Crippen molar-refractivity contribution < 1.29 is 24.2 Å². The Morgan fingerprint density at radius 1 is 1.22 bits per heavy atom. The monoisotopic (exact) mass is 260 g/mol. The Labute approximate surface area is 108 Å². The highest BCUT2D eigenvalue weighted by Gasteiger charge is 2.47. The summed E-state index contributed by atoms with van der Waals surface area (Å²) in [6, 6.07) is 0. The molecule has 0 aromatic carbocycles. The van der Waals surface area contributed by atoms with Gasteiger partial charge in [0.2, 0.25) is 0 Å². The number of carboxylic acids is 1. The van der Waals surface area contributed by atoms with Crippen LogP contribution in [0, 0.1) is 11.3 Å². The zero-order chi connectivity index (χ0) is 14.2. The number of carbonyl (C=O) groups is 2. The van der Waals surface area contributed by atoms with Crippen LogP contribution in [-0.4, -0.2) is 36.9 Å². The number of ether oxygens (including phenoxy) is 2. The maximum Gasteiger partial charge on any atom is 0.323 e. The largest absolute Gasteiger partial charge is 0.480 e. The highest BCUT2D eigenvalue weighted by atomic mass is 16.5. The van der Waals surface area contributed by atoms with Gasteiger partial charge in [-0.15, -0.1) is 0 Å². The van der Waals surface area contributed by atoms with E-state index >= 15 is 0 Å². The molecule has 0 saturated heterocycles. The van der Waals surface area contributed by atoms with Crippen LogP contribution >= 0.6 is 0 Å². The molecule has 0 spiro atoms. The van der Waals surface area contributed by atoms with Crippen LogP contribution in [0.15, 0.2) is 0 Å². The first kappa shape index (κ1) is 16.9. The van der Waals surface area contributed by atoms with Gasteiger partial charge >= 0.3 is 11.9 Å². The molecule has 0 heterocycles. The number of carboxylic acid groups (broad SMARTS) is 1. The van der Waals surface area contributed by atoms with Crippen molar-refractivity contribution in [2.24, 2.45) is 11.3 Å². The molecule has 0 aliphatic heterocycles. The molecule has 0 bridgehead atoms. The van der Waals surface area contributed by atoms with E-state index in [0.717, 1.165) is 0 Å². The zero-order valence-corrected chi connectivity index (χ0v) is 11.7. The molecule has 0 aliphatic carbocycles. The Morgan fingerprint density at radius 2 is 1.83 bits per heavy atom. The van der Waals surface area contributed by atoms with Gasteiger partial charge in [-0.05, 0) is 32.6 Å². The van der Waals surface area contributed by atoms with Crippen molar-refractivity contribution in [2.75, 3.05) is 19.8 Å². The Bertz CT molecular complexity index is 275. The Kier molecular flexibility index (Phi) is 7.59. The Morgan fingerprint density at radius 3 is 2.22 bits per heavy atom. The minimum absolute atomic E-state index is 0.0899. The minimum Gasteiger partial charge on any atom is -0.480 e. The molecule has 0 rings (SSSR count). The Balaban J connectivity index is 5.02. The van der Waals surface area contributed by atoms with Crippen molar-refractivity contribution >= 4 is 11.9 Å². The van der Waals surface area contributed by atoms with Crippen molar-refractivity contribution in [3.63, 3.8) is 0 Å². The van der Waals surface area contributed by atoms with E-state index < -0.39 is 17.4 Å². The van der Waals surface area contributed by atoms with Gasteiger partial charge in [-0.3, -0.25) is 9.59 Å². The van der Waals surface area contributed by atoms with Gasteiger partial charge in [0.15, 0.2) is 5.41 Å². The summed E-state index contributed by atoms with van der Waals surface area (Å²) in [5.74, 6) is -1.70. The van der Waals surface area contributed by atoms with E-state index in [9.17, 15) is 14.7 Å². The smallest absolute Gasteiger partial charge is 0.323 e. The quantitative estimate of drug-likeness (QED) is 0.390. The number of carbonyl (C=O) groups excluding carboxylic acids is 1. The van der Waals surface area contributed by atoms with Crippen LogP contribution < -0.4 is 0 Å². The van der Waals surface area contributed by atoms with Crippen molar-refractivity contribution in [1.82, 2.24) is 0 Å². The second-order valence-corrected chi connectivity index (χ2v) is 4.65. The lowest BCUT2D eigenvalue weighted by atomic mass is 9.77. The Hall–Kier alpha value is -1.10. The van der Waals surface area contributed by atoms with Crippen LogP contribution in [0.2, 0.25) is 0 Å². The number of rotatable bonds is 9. The fraction of sp³-hybridized carbons (Fsp3) is 0.846. The summed E-state index contributed by atoms with van der Waals surface area (Å²) in [4.78, 5) is 23.5. The van der Waals surface area contributed by atoms with Gasteiger partial charge in [0.1, 0.15) is 0 Å². The van der Waals surface area contributed by atoms with Crippen LogP contribution in [0.3, 0.4) is 0 Å². The predicted octanol–water partition coefficient (Wildman–Crippen LogP) is 2.09. The first-order valence-corrected chi connectivity index (χ1v) is 6.39. The van der Waals surface area contributed by atoms with E-state index in [1.54, 1.807) is 6.92 Å². The van der Waals surface area contributed by atoms with Crippen LogP contribution in [0.25, 0.3) is 0 Å². The summed E-state index contributed by atoms with van der Waals surface area (Å²) < 4.78 is 10.1. The molecule has 1 atom stereocenters. The summed E-state index contributed by atoms with van der Waals surface area (Å²) in [5.41, 5.74) is -1.49. The predicted molar refractivity (Wildman–Crippen MR) is 67.3 cm³/mol. The molecule has 5 nitrogen and oxygen atoms in total. The third kappa shape index (κ3) is 4.64. The molecule has 0 aromatic rings. The summed E-state index contributed by atoms with van der Waals surface area (Å²) >= 11 is 0. The second kappa shape index (κ2) is 8.08. The van der Waals surface area contributed by atoms with E-state index in [2.05, 4.69) is 0 Å². The van der Waals surface area contributed by atoms with E-state index in [1.807, 2.05) is 20.8 Å². The fourth-order valence-electron chi connectivity index (χ4n) is 1.93. The molecule has 18 heavy (non-hydrogen) atoms. The van der Waals surface area contributed by atoms with Gasteiger partial charge < -0.3 is 14.6 Å². The van der Waals surface area contributed by atoms with Gasteiger partial charge in [0, 0.05) is 13.2 Å². The number of aliphatic carboxylic acids is 1. The lowest BCUT2D eigenvalue weighted by Crippen LogP contribution is -2.43. The average Bonchev–Trinajstić information content (AvgIpc) is 2.27. The molecule has 5 heteroatoms. The van der Waals surface area contributed by atoms with Crippen molar-refractivity contribution in [3.05, 3.63) is 0 Å². The van der Waals surface area contributed by atoms with Crippen molar-refractivity contribution in [2.45, 2.75) is 40.5 Å². The molecular weight excluding hydrogens is 236 g/mol. The molecular formula is C13H24O5. The molecule has 1 unspecified atom stereocenters. The zero-order valence-electron chi connectivity index (χ0n) is 11.7. The lowest BCUT2D eigenvalue weighted by molar-refractivity contribution is -0.171. The number of hydrogen-bond acceptors (Lipinski definition) is 4. The third-order valence-corrected chi connectivity index (χ3v) is 2.71. The molecule has 0 fully saturated rings. The maximum absolute atomic E-state index is 12.0. The summed E-state index contributed by atoms with van der Waals surface area (Å²) in [7, 11) is 0. The molecule has 0 radical (unpaired) electrons. The summed E-state index contributed by atoms with van der Waals surface area (Å²) in [5, 5.41) is 9.41. The van der Waals surface area contributed by atoms with Gasteiger partial charge in [0.25, 0.3) is 0 Å². The van der Waals surface area contributed by atoms with Gasteiger partial charge in [-0.1, -0.05) is 13.8 Å². The van der Waals surface area contributed by atoms with Gasteiger partial charge in [-0.2, -0.15) is 0 Å². The van der Waals surface area contributed by atoms with Crippen LogP contribution in [0.5, 0.6) is 0 Å². The van der Waals surface area contributed by atoms with E-state index in [-0.39, 0.29) is 32.0 Å². The standard InChI is InChI=1S/C13H24O5/c1-5-17-8-7-13(11(14)15,9-10(3)4)12(16)18-6-2/h10H,5-9H2,1-4H3,(H,14,15). The van der Waals surface area contributed by atoms with E-state index in [4.69, 9.17) is 9.47 Å². The first-order valence-electron chi connectivity index (χ1n) is 6.39. The fourth-order valence-corrected chi connectivity index (χ4v) is 1.93. The van der Waals surface area contributed by atoms with Crippen molar-refractivity contribution in [3.8, 4) is 0 Å². The third-order valence-electron chi connectivity index (χ3n) is 2.71. The van der Waals surface area contributed by atoms with E-state index in [1.165, 1.54) is 0 Å². The van der Waals surface area contributed by atoms with E-state index in [0.29, 0.717) is 6.61 Å². The van der Waals surface area contributed by atoms with Gasteiger partial charge in [0.05, 0.1) is 6.61 Å². The first-order chi connectivity index (χ1) is 8.40. The minimum atomic E-state index is -1.49.